The molecule has 2 aliphatic carbocycles. The van der Waals surface area contributed by atoms with Gasteiger partial charge in [0.05, 0.1) is 0 Å². The lowest BCUT2D eigenvalue weighted by Gasteiger charge is -2.41. The van der Waals surface area contributed by atoms with Crippen LogP contribution in [0.5, 0.6) is 0 Å². The van der Waals surface area contributed by atoms with Gasteiger partial charge in [-0.1, -0.05) is 42.5 Å². The molecule has 1 saturated carbocycles. The second-order valence-corrected chi connectivity index (χ2v) is 16.1. The molecule has 1 aromatic carbocycles. The Morgan fingerprint density at radius 3 is 2.15 bits per heavy atom. The Bertz CT molecular complexity index is 505. The molecule has 0 radical (unpaired) electrons. The van der Waals surface area contributed by atoms with Gasteiger partial charge in [0.2, 0.25) is 8.32 Å². The van der Waals surface area contributed by atoms with E-state index in [9.17, 15) is 0 Å². The SMILES string of the molecule is C[Si](C)(C)O[Si](C)(c1ccccc1)C1CC2C=CC1C2. The lowest BCUT2D eigenvalue weighted by atomic mass is 10.1. The van der Waals surface area contributed by atoms with Gasteiger partial charge in [0.15, 0.2) is 8.32 Å². The maximum absolute atomic E-state index is 6.89. The highest BCUT2D eigenvalue weighted by Gasteiger charge is 2.51. The zero-order valence-corrected chi connectivity index (χ0v) is 15.1. The van der Waals surface area contributed by atoms with Crippen molar-refractivity contribution in [2.75, 3.05) is 0 Å². The van der Waals surface area contributed by atoms with E-state index < -0.39 is 16.6 Å². The van der Waals surface area contributed by atoms with Crippen LogP contribution in [-0.2, 0) is 4.12 Å². The summed E-state index contributed by atoms with van der Waals surface area (Å²) >= 11 is 0. The summed E-state index contributed by atoms with van der Waals surface area (Å²) in [6.45, 7) is 9.48. The first-order valence-electron chi connectivity index (χ1n) is 7.82. The molecule has 3 rings (SSSR count). The van der Waals surface area contributed by atoms with Crippen LogP contribution in [0.4, 0.5) is 0 Å². The first kappa shape index (κ1) is 14.3. The predicted molar refractivity (Wildman–Crippen MR) is 91.2 cm³/mol. The zero-order valence-electron chi connectivity index (χ0n) is 13.1. The summed E-state index contributed by atoms with van der Waals surface area (Å²) in [4.78, 5) is 0. The lowest BCUT2D eigenvalue weighted by molar-refractivity contribution is 0.505. The highest BCUT2D eigenvalue weighted by Crippen LogP contribution is 2.52. The van der Waals surface area contributed by atoms with Crippen LogP contribution in [0.15, 0.2) is 42.5 Å². The molecule has 0 spiro atoms. The molecule has 0 aliphatic heterocycles. The van der Waals surface area contributed by atoms with Crippen molar-refractivity contribution in [3.8, 4) is 0 Å². The first-order valence-corrected chi connectivity index (χ1v) is 13.7. The molecule has 4 unspecified atom stereocenters. The van der Waals surface area contributed by atoms with E-state index in [4.69, 9.17) is 4.12 Å². The van der Waals surface area contributed by atoms with Gasteiger partial charge >= 0.3 is 0 Å². The fourth-order valence-corrected chi connectivity index (χ4v) is 13.4. The number of hydrogen-bond acceptors (Lipinski definition) is 1. The van der Waals surface area contributed by atoms with Gasteiger partial charge in [0, 0.05) is 0 Å². The Morgan fingerprint density at radius 1 is 0.950 bits per heavy atom. The highest BCUT2D eigenvalue weighted by molar-refractivity contribution is 6.93. The molecule has 0 aromatic heterocycles. The smallest absolute Gasteiger partial charge is 0.212 e. The van der Waals surface area contributed by atoms with Crippen molar-refractivity contribution >= 4 is 21.8 Å². The fourth-order valence-electron chi connectivity index (χ4n) is 4.17. The van der Waals surface area contributed by atoms with Crippen molar-refractivity contribution < 1.29 is 4.12 Å². The quantitative estimate of drug-likeness (QED) is 0.595. The molecule has 1 fully saturated rings. The van der Waals surface area contributed by atoms with E-state index in [1.807, 2.05) is 0 Å². The standard InChI is InChI=1S/C17H26OSi2/c1-19(2,3)18-20(4,16-8-6-5-7-9-16)17-13-14-10-11-15(17)12-14/h5-11,14-15,17H,12-13H2,1-4H3. The van der Waals surface area contributed by atoms with Crippen LogP contribution in [0, 0.1) is 11.8 Å². The van der Waals surface area contributed by atoms with Crippen LogP contribution >= 0.6 is 0 Å². The largest absolute Gasteiger partial charge is 0.452 e. The minimum absolute atomic E-state index is 0.770. The van der Waals surface area contributed by atoms with Crippen LogP contribution in [0.3, 0.4) is 0 Å². The number of rotatable bonds is 4. The average Bonchev–Trinajstić information content (AvgIpc) is 3.00. The molecule has 0 N–H and O–H groups in total. The van der Waals surface area contributed by atoms with Crippen LogP contribution in [0.2, 0.25) is 31.7 Å². The molecule has 108 valence electrons. The summed E-state index contributed by atoms with van der Waals surface area (Å²) in [7, 11) is -3.40. The molecule has 0 saturated heterocycles. The molecule has 1 aromatic rings. The van der Waals surface area contributed by atoms with Gasteiger partial charge < -0.3 is 4.12 Å². The van der Waals surface area contributed by atoms with Crippen molar-refractivity contribution in [3.05, 3.63) is 42.5 Å². The molecule has 20 heavy (non-hydrogen) atoms. The van der Waals surface area contributed by atoms with Gasteiger partial charge in [0.25, 0.3) is 0 Å². The van der Waals surface area contributed by atoms with Crippen molar-refractivity contribution in [2.45, 2.75) is 44.6 Å². The second-order valence-electron chi connectivity index (χ2n) is 7.57. The summed E-state index contributed by atoms with van der Waals surface area (Å²) < 4.78 is 6.89. The number of allylic oxidation sites excluding steroid dienone is 2. The second kappa shape index (κ2) is 4.97. The van der Waals surface area contributed by atoms with Gasteiger partial charge in [-0.25, -0.2) is 0 Å². The Balaban J connectivity index is 1.98. The summed E-state index contributed by atoms with van der Waals surface area (Å²) in [6, 6.07) is 11.1. The molecular formula is C17H26OSi2. The molecule has 2 aliphatic rings. The van der Waals surface area contributed by atoms with E-state index in [0.29, 0.717) is 0 Å². The van der Waals surface area contributed by atoms with Gasteiger partial charge in [-0.15, -0.1) is 0 Å². The van der Waals surface area contributed by atoms with Crippen LogP contribution in [-0.4, -0.2) is 16.6 Å². The van der Waals surface area contributed by atoms with E-state index in [-0.39, 0.29) is 0 Å². The average molecular weight is 303 g/mol. The minimum atomic E-state index is -1.87. The molecule has 2 bridgehead atoms. The molecule has 4 atom stereocenters. The molecule has 0 amide bonds. The fraction of sp³-hybridized carbons (Fsp3) is 0.529. The van der Waals surface area contributed by atoms with Gasteiger partial charge in [-0.3, -0.25) is 0 Å². The third-order valence-electron chi connectivity index (χ3n) is 4.85. The highest BCUT2D eigenvalue weighted by atomic mass is 28.4. The third kappa shape index (κ3) is 2.59. The molecule has 0 heterocycles. The van der Waals surface area contributed by atoms with E-state index in [1.165, 1.54) is 18.0 Å². The number of benzene rings is 1. The lowest BCUT2D eigenvalue weighted by Crippen LogP contribution is -2.57. The summed E-state index contributed by atoms with van der Waals surface area (Å²) in [5, 5.41) is 1.49. The van der Waals surface area contributed by atoms with Gasteiger partial charge in [-0.2, -0.15) is 0 Å². The maximum atomic E-state index is 6.89. The number of fused-ring (bicyclic) bond motifs is 2. The predicted octanol–water partition coefficient (Wildman–Crippen LogP) is 4.29. The van der Waals surface area contributed by atoms with Gasteiger partial charge in [-0.05, 0) is 61.6 Å². The van der Waals surface area contributed by atoms with Crippen molar-refractivity contribution in [2.24, 2.45) is 11.8 Å². The first-order chi connectivity index (χ1) is 9.38. The third-order valence-corrected chi connectivity index (χ3v) is 12.6. The minimum Gasteiger partial charge on any atom is -0.452 e. The van der Waals surface area contributed by atoms with Crippen LogP contribution in [0.1, 0.15) is 12.8 Å². The Kier molecular flexibility index (Phi) is 3.55. The van der Waals surface area contributed by atoms with Crippen molar-refractivity contribution in [3.63, 3.8) is 0 Å². The summed E-state index contributed by atoms with van der Waals surface area (Å²) in [5.74, 6) is 1.60. The topological polar surface area (TPSA) is 9.23 Å². The normalized spacial score (nSPS) is 31.5. The van der Waals surface area contributed by atoms with Crippen molar-refractivity contribution in [1.29, 1.82) is 0 Å². The molecular weight excluding hydrogens is 276 g/mol. The molecule has 1 nitrogen and oxygen atoms in total. The number of hydrogen-bond donors (Lipinski definition) is 0. The van der Waals surface area contributed by atoms with E-state index in [0.717, 1.165) is 17.4 Å². The Labute approximate surface area is 125 Å². The summed E-state index contributed by atoms with van der Waals surface area (Å²) in [5.41, 5.74) is 0.770. The molecule has 3 heteroatoms. The van der Waals surface area contributed by atoms with Crippen LogP contribution < -0.4 is 5.19 Å². The zero-order chi connectivity index (χ0) is 14.4. The van der Waals surface area contributed by atoms with E-state index in [2.05, 4.69) is 68.7 Å². The monoisotopic (exact) mass is 302 g/mol. The van der Waals surface area contributed by atoms with E-state index in [1.54, 1.807) is 0 Å². The van der Waals surface area contributed by atoms with Crippen LogP contribution in [0.25, 0.3) is 0 Å². The maximum Gasteiger partial charge on any atom is 0.212 e. The van der Waals surface area contributed by atoms with Crippen molar-refractivity contribution in [1.82, 2.24) is 0 Å². The Morgan fingerprint density at radius 2 is 1.65 bits per heavy atom. The van der Waals surface area contributed by atoms with E-state index >= 15 is 0 Å². The Hall–Kier alpha value is -0.646. The van der Waals surface area contributed by atoms with Gasteiger partial charge in [0.1, 0.15) is 0 Å². The summed E-state index contributed by atoms with van der Waals surface area (Å²) in [6.07, 6.45) is 7.63.